The van der Waals surface area contributed by atoms with Gasteiger partial charge in [0.2, 0.25) is 5.78 Å². The number of ether oxygens (including phenoxy) is 1. The van der Waals surface area contributed by atoms with Crippen LogP contribution in [0.15, 0.2) is 77.8 Å². The van der Waals surface area contributed by atoms with Crippen LogP contribution in [0.3, 0.4) is 0 Å². The van der Waals surface area contributed by atoms with Gasteiger partial charge in [-0.15, -0.1) is 0 Å². The number of aromatic hydroxyl groups is 3. The monoisotopic (exact) mass is 712 g/mol. The number of rotatable bonds is 4. The molecular formula is C24H12Br4O6. The highest BCUT2D eigenvalue weighted by atomic mass is 79.9. The fraction of sp³-hybridized carbons (Fsp3) is 0. The minimum Gasteiger partial charge on any atom is -0.507 e. The largest absolute Gasteiger partial charge is 0.507 e. The predicted octanol–water partition coefficient (Wildman–Crippen LogP) is 7.09. The number of carbonyl (C=O) groups excluding carboxylic acids is 2. The van der Waals surface area contributed by atoms with E-state index in [-0.39, 0.29) is 39.7 Å². The first-order valence-electron chi connectivity index (χ1n) is 9.45. The van der Waals surface area contributed by atoms with Gasteiger partial charge in [-0.2, -0.15) is 0 Å². The second-order valence-corrected chi connectivity index (χ2v) is 10.6. The van der Waals surface area contributed by atoms with Gasteiger partial charge in [0.15, 0.2) is 0 Å². The van der Waals surface area contributed by atoms with Crippen LogP contribution in [-0.4, -0.2) is 27.1 Å². The number of hydrogen-bond acceptors (Lipinski definition) is 6. The van der Waals surface area contributed by atoms with Crippen LogP contribution in [0.25, 0.3) is 11.6 Å². The quantitative estimate of drug-likeness (QED) is 0.152. The number of cyclic esters (lactones) is 1. The van der Waals surface area contributed by atoms with E-state index in [1.54, 1.807) is 30.3 Å². The zero-order valence-electron chi connectivity index (χ0n) is 16.8. The van der Waals surface area contributed by atoms with E-state index in [1.165, 1.54) is 24.3 Å². The molecule has 0 atom stereocenters. The maximum atomic E-state index is 13.4. The molecule has 3 aromatic carbocycles. The SMILES string of the molecule is O=C1O/C(=C\c2cc(Br)c(O)c(Br)c2)C(c2ccc(O)c(Br)c2)=C1C(=O)c1ccc(O)c(Br)c1. The first-order chi connectivity index (χ1) is 16.1. The summed E-state index contributed by atoms with van der Waals surface area (Å²) in [7, 11) is 0. The van der Waals surface area contributed by atoms with Gasteiger partial charge in [0.05, 0.1) is 17.9 Å². The predicted molar refractivity (Wildman–Crippen MR) is 140 cm³/mol. The maximum Gasteiger partial charge on any atom is 0.348 e. The lowest BCUT2D eigenvalue weighted by atomic mass is 9.93. The molecule has 3 N–H and O–H groups in total. The second-order valence-electron chi connectivity index (χ2n) is 7.14. The lowest BCUT2D eigenvalue weighted by molar-refractivity contribution is -0.132. The summed E-state index contributed by atoms with van der Waals surface area (Å²) in [6.45, 7) is 0. The summed E-state index contributed by atoms with van der Waals surface area (Å²) < 4.78 is 7.02. The van der Waals surface area contributed by atoms with Gasteiger partial charge in [0.25, 0.3) is 0 Å². The lowest BCUT2D eigenvalue weighted by Crippen LogP contribution is -2.11. The average molecular weight is 716 g/mol. The van der Waals surface area contributed by atoms with Crippen LogP contribution in [-0.2, 0) is 9.53 Å². The molecule has 3 aromatic rings. The molecule has 0 amide bonds. The molecule has 0 fully saturated rings. The van der Waals surface area contributed by atoms with Crippen LogP contribution in [0.5, 0.6) is 17.2 Å². The minimum absolute atomic E-state index is 0.0116. The van der Waals surface area contributed by atoms with E-state index in [9.17, 15) is 24.9 Å². The molecule has 1 aliphatic rings. The highest BCUT2D eigenvalue weighted by Gasteiger charge is 2.36. The Hall–Kier alpha value is -2.40. The number of phenols is 3. The van der Waals surface area contributed by atoms with Gasteiger partial charge in [-0.3, -0.25) is 4.79 Å². The minimum atomic E-state index is -0.837. The molecule has 0 saturated carbocycles. The molecule has 10 heteroatoms. The summed E-state index contributed by atoms with van der Waals surface area (Å²) in [6.07, 6.45) is 1.57. The van der Waals surface area contributed by atoms with Gasteiger partial charge >= 0.3 is 5.97 Å². The molecule has 34 heavy (non-hydrogen) atoms. The van der Waals surface area contributed by atoms with Crippen LogP contribution >= 0.6 is 63.7 Å². The van der Waals surface area contributed by atoms with Crippen molar-refractivity contribution >= 4 is 87.1 Å². The zero-order valence-corrected chi connectivity index (χ0v) is 23.1. The first-order valence-corrected chi connectivity index (χ1v) is 12.6. The molecule has 6 nitrogen and oxygen atoms in total. The first kappa shape index (κ1) is 24.7. The van der Waals surface area contributed by atoms with E-state index in [0.29, 0.717) is 29.0 Å². The molecule has 1 heterocycles. The normalized spacial score (nSPS) is 14.6. The fourth-order valence-corrected chi connectivity index (χ4v) is 5.28. The van der Waals surface area contributed by atoms with Crippen molar-refractivity contribution in [3.63, 3.8) is 0 Å². The van der Waals surface area contributed by atoms with Crippen molar-refractivity contribution in [3.8, 4) is 17.2 Å². The third kappa shape index (κ3) is 4.72. The lowest BCUT2D eigenvalue weighted by Gasteiger charge is -2.09. The Morgan fingerprint density at radius 2 is 1.38 bits per heavy atom. The number of esters is 1. The number of Topliss-reactive ketones (excluding diaryl/α,β-unsaturated/α-hetero) is 1. The molecule has 0 unspecified atom stereocenters. The van der Waals surface area contributed by atoms with E-state index in [0.717, 1.165) is 0 Å². The number of allylic oxidation sites excluding steroid dienone is 1. The molecule has 0 saturated heterocycles. The average Bonchev–Trinajstić information content (AvgIpc) is 3.10. The van der Waals surface area contributed by atoms with Crippen molar-refractivity contribution in [1.82, 2.24) is 0 Å². The fourth-order valence-electron chi connectivity index (χ4n) is 3.30. The molecule has 0 aromatic heterocycles. The van der Waals surface area contributed by atoms with Crippen molar-refractivity contribution in [2.45, 2.75) is 0 Å². The van der Waals surface area contributed by atoms with Crippen LogP contribution in [0.4, 0.5) is 0 Å². The van der Waals surface area contributed by atoms with Crippen molar-refractivity contribution in [1.29, 1.82) is 0 Å². The second kappa shape index (κ2) is 9.69. The number of halogens is 4. The number of carbonyl (C=O) groups is 2. The molecular weight excluding hydrogens is 704 g/mol. The Balaban J connectivity index is 1.94. The number of ketones is 1. The summed E-state index contributed by atoms with van der Waals surface area (Å²) in [5, 5.41) is 29.7. The zero-order chi connectivity index (χ0) is 24.7. The van der Waals surface area contributed by atoms with Gasteiger partial charge in [0, 0.05) is 11.1 Å². The number of hydrogen-bond donors (Lipinski definition) is 3. The third-order valence-corrected chi connectivity index (χ3v) is 7.39. The summed E-state index contributed by atoms with van der Waals surface area (Å²) in [5.41, 5.74) is 1.25. The molecule has 0 spiro atoms. The Labute approximate surface area is 227 Å². The number of benzene rings is 3. The molecule has 1 aliphatic heterocycles. The van der Waals surface area contributed by atoms with Gasteiger partial charge in [0.1, 0.15) is 28.6 Å². The third-order valence-electron chi connectivity index (χ3n) is 4.91. The summed E-state index contributed by atoms with van der Waals surface area (Å²) in [5.74, 6) is -1.36. The van der Waals surface area contributed by atoms with E-state index in [1.807, 2.05) is 0 Å². The standard InChI is InChI=1S/C24H12Br4O6/c25-13-8-11(1-3-17(13)29)20-19(7-10-5-15(27)23(32)16(28)6-10)34-24(33)21(20)22(31)12-2-4-18(30)14(26)9-12/h1-9,29-30,32H/b19-7-. The van der Waals surface area contributed by atoms with E-state index < -0.39 is 11.8 Å². The van der Waals surface area contributed by atoms with Gasteiger partial charge < -0.3 is 20.1 Å². The Morgan fingerprint density at radius 1 is 0.794 bits per heavy atom. The van der Waals surface area contributed by atoms with Crippen molar-refractivity contribution in [3.05, 3.63) is 94.4 Å². The Bertz CT molecular complexity index is 1420. The molecule has 0 bridgehead atoms. The number of phenolic OH excluding ortho intramolecular Hbond substituents is 3. The molecule has 4 rings (SSSR count). The van der Waals surface area contributed by atoms with Gasteiger partial charge in [-0.25, -0.2) is 4.79 Å². The van der Waals surface area contributed by atoms with E-state index in [4.69, 9.17) is 4.74 Å². The Kier molecular flexibility index (Phi) is 7.04. The highest BCUT2D eigenvalue weighted by Crippen LogP contribution is 2.41. The molecule has 0 radical (unpaired) electrons. The maximum absolute atomic E-state index is 13.4. The van der Waals surface area contributed by atoms with E-state index >= 15 is 0 Å². The van der Waals surface area contributed by atoms with Crippen LogP contribution in [0.1, 0.15) is 21.5 Å². The Morgan fingerprint density at radius 3 is 1.97 bits per heavy atom. The molecule has 0 aliphatic carbocycles. The van der Waals surface area contributed by atoms with E-state index in [2.05, 4.69) is 63.7 Å². The van der Waals surface area contributed by atoms with Crippen LogP contribution in [0, 0.1) is 0 Å². The van der Waals surface area contributed by atoms with Crippen molar-refractivity contribution in [2.24, 2.45) is 0 Å². The van der Waals surface area contributed by atoms with Gasteiger partial charge in [-0.1, -0.05) is 6.07 Å². The van der Waals surface area contributed by atoms with Gasteiger partial charge in [-0.05, 0) is 123 Å². The summed E-state index contributed by atoms with van der Waals surface area (Å²) in [4.78, 5) is 26.4. The summed E-state index contributed by atoms with van der Waals surface area (Å²) in [6, 6.07) is 12.0. The van der Waals surface area contributed by atoms with Crippen LogP contribution < -0.4 is 0 Å². The molecule has 172 valence electrons. The van der Waals surface area contributed by atoms with Crippen molar-refractivity contribution < 1.29 is 29.6 Å². The highest BCUT2D eigenvalue weighted by molar-refractivity contribution is 9.11. The summed E-state index contributed by atoms with van der Waals surface area (Å²) >= 11 is 13.0. The smallest absolute Gasteiger partial charge is 0.348 e. The van der Waals surface area contributed by atoms with Crippen LogP contribution in [0.2, 0.25) is 0 Å². The van der Waals surface area contributed by atoms with Crippen molar-refractivity contribution in [2.75, 3.05) is 0 Å². The topological polar surface area (TPSA) is 104 Å².